The summed E-state index contributed by atoms with van der Waals surface area (Å²) >= 11 is 0. The number of benzene rings is 5. The summed E-state index contributed by atoms with van der Waals surface area (Å²) in [6.07, 6.45) is -19.3. The van der Waals surface area contributed by atoms with Crippen LogP contribution in [0.25, 0.3) is 33.4 Å². The van der Waals surface area contributed by atoms with E-state index in [1.165, 1.54) is 0 Å². The fourth-order valence-electron chi connectivity index (χ4n) is 9.99. The minimum absolute atomic E-state index is 0.271. The number of cyclic esters (lactones) is 1. The Labute approximate surface area is 417 Å². The minimum Gasteiger partial charge on any atom is -0.504 e. The van der Waals surface area contributed by atoms with Gasteiger partial charge < -0.3 is 125 Å². The van der Waals surface area contributed by atoms with Gasteiger partial charge in [-0.25, -0.2) is 24.0 Å². The Hall–Kier alpha value is -9.75. The van der Waals surface area contributed by atoms with E-state index in [0.29, 0.717) is 6.07 Å². The number of hydrogen-bond donors (Lipinski definition) is 19. The van der Waals surface area contributed by atoms with Crippen molar-refractivity contribution in [1.82, 2.24) is 0 Å². The van der Waals surface area contributed by atoms with E-state index in [9.17, 15) is 111 Å². The van der Waals surface area contributed by atoms with E-state index in [-0.39, 0.29) is 12.1 Å². The van der Waals surface area contributed by atoms with Crippen molar-refractivity contribution in [2.75, 3.05) is 13.2 Å². The number of phenols is 15. The summed E-state index contributed by atoms with van der Waals surface area (Å²) in [6.45, 7) is -2.84. The van der Waals surface area contributed by atoms with Crippen LogP contribution in [0.1, 0.15) is 63.3 Å². The molecule has 30 heteroatoms. The van der Waals surface area contributed by atoms with Gasteiger partial charge in [0.05, 0.1) is 40.3 Å². The molecule has 1 saturated heterocycles. The molecule has 30 nitrogen and oxygen atoms in total. The molecule has 6 aliphatic heterocycles. The molecule has 0 saturated carbocycles. The van der Waals surface area contributed by atoms with E-state index in [1.807, 2.05) is 0 Å². The second kappa shape index (κ2) is 16.6. The molecule has 19 N–H and O–H groups in total. The van der Waals surface area contributed by atoms with Crippen molar-refractivity contribution in [1.29, 1.82) is 0 Å². The summed E-state index contributed by atoms with van der Waals surface area (Å²) in [7, 11) is 0. The molecule has 0 amide bonds. The third-order valence-electron chi connectivity index (χ3n) is 13.6. The number of aromatic hydroxyl groups is 15. The maximum absolute atomic E-state index is 15.5. The number of carbonyl (C=O) groups is 5. The van der Waals surface area contributed by atoms with Crippen LogP contribution in [0.5, 0.6) is 86.2 Å². The number of rotatable bonds is 1. The molecule has 0 aromatic heterocycles. The highest BCUT2D eigenvalue weighted by atomic mass is 16.7. The van der Waals surface area contributed by atoms with Crippen LogP contribution in [0, 0.1) is 0 Å². The van der Waals surface area contributed by atoms with Crippen LogP contribution >= 0.6 is 0 Å². The molecule has 9 atom stereocenters. The van der Waals surface area contributed by atoms with Crippen molar-refractivity contribution < 1.29 is 149 Å². The first-order valence-corrected chi connectivity index (χ1v) is 21.5. The fraction of sp³-hybridized carbons (Fsp3) is 0.239. The lowest BCUT2D eigenvalue weighted by molar-refractivity contribution is -0.341. The third kappa shape index (κ3) is 6.61. The second-order valence-corrected chi connectivity index (χ2v) is 17.6. The zero-order chi connectivity index (χ0) is 55.4. The number of aliphatic hydroxyl groups excluding tert-OH is 3. The Morgan fingerprint density at radius 2 is 0.789 bits per heavy atom. The molecule has 6 bridgehead atoms. The predicted octanol–water partition coefficient (Wildman–Crippen LogP) is -0.830. The molecule has 0 aliphatic carbocycles. The first-order chi connectivity index (χ1) is 35.7. The Kier molecular flexibility index (Phi) is 10.9. The van der Waals surface area contributed by atoms with Crippen molar-refractivity contribution in [2.24, 2.45) is 0 Å². The van der Waals surface area contributed by atoms with Gasteiger partial charge in [0.2, 0.25) is 34.5 Å². The van der Waals surface area contributed by atoms with Crippen molar-refractivity contribution >= 4 is 29.8 Å². The molecule has 5 aromatic rings. The van der Waals surface area contributed by atoms with Gasteiger partial charge in [0.15, 0.2) is 81.9 Å². The quantitative estimate of drug-likeness (QED) is 0.0553. The van der Waals surface area contributed by atoms with E-state index in [0.717, 1.165) is 0 Å². The van der Waals surface area contributed by atoms with Gasteiger partial charge >= 0.3 is 29.8 Å². The lowest BCUT2D eigenvalue weighted by Crippen LogP contribution is -2.68. The van der Waals surface area contributed by atoms with E-state index in [2.05, 4.69) is 0 Å². The van der Waals surface area contributed by atoms with Gasteiger partial charge in [-0.3, -0.25) is 0 Å². The number of hydrogen-bond acceptors (Lipinski definition) is 30. The van der Waals surface area contributed by atoms with Gasteiger partial charge in [-0.05, 0) is 18.2 Å². The summed E-state index contributed by atoms with van der Waals surface area (Å²) in [5.74, 6) is -40.7. The number of carbonyl (C=O) groups excluding carboxylic acids is 5. The first-order valence-electron chi connectivity index (χ1n) is 21.5. The second-order valence-electron chi connectivity index (χ2n) is 17.6. The maximum Gasteiger partial charge on any atom is 0.340 e. The lowest BCUT2D eigenvalue weighted by Gasteiger charge is -2.51. The van der Waals surface area contributed by atoms with Crippen molar-refractivity contribution in [3.8, 4) is 120 Å². The van der Waals surface area contributed by atoms with Crippen LogP contribution in [0.15, 0.2) is 18.2 Å². The third-order valence-corrected chi connectivity index (χ3v) is 13.6. The molecule has 0 radical (unpaired) electrons. The fourth-order valence-corrected chi connectivity index (χ4v) is 9.99. The normalized spacial score (nSPS) is 25.7. The molecule has 5 aromatic carbocycles. The van der Waals surface area contributed by atoms with E-state index in [4.69, 9.17) is 28.4 Å². The van der Waals surface area contributed by atoms with Gasteiger partial charge in [0.25, 0.3) is 0 Å². The molecule has 0 spiro atoms. The maximum atomic E-state index is 15.5. The topological polar surface area (TPSA) is 525 Å². The number of ether oxygens (including phenoxy) is 6. The monoisotopic (exact) mass is 1070 g/mol. The smallest absolute Gasteiger partial charge is 0.340 e. The van der Waals surface area contributed by atoms with Crippen LogP contribution < -0.4 is 0 Å². The average Bonchev–Trinajstić information content (AvgIpc) is 3.44. The molecular formula is C46H34O30. The Morgan fingerprint density at radius 1 is 0.395 bits per heavy atom. The molecule has 76 heavy (non-hydrogen) atoms. The number of phenolic OH excluding ortho intramolecular Hbond substituents is 15. The Balaban J connectivity index is 1.39. The van der Waals surface area contributed by atoms with Crippen molar-refractivity contribution in [3.05, 3.63) is 51.6 Å². The van der Waals surface area contributed by atoms with Crippen molar-refractivity contribution in [3.63, 3.8) is 0 Å². The van der Waals surface area contributed by atoms with E-state index in [1.54, 1.807) is 0 Å². The van der Waals surface area contributed by atoms with E-state index < -0.39 is 250 Å². The van der Waals surface area contributed by atoms with Gasteiger partial charge in [-0.15, -0.1) is 0 Å². The molecule has 6 heterocycles. The van der Waals surface area contributed by atoms with Crippen LogP contribution in [0.2, 0.25) is 0 Å². The zero-order valence-electron chi connectivity index (χ0n) is 37.3. The Morgan fingerprint density at radius 3 is 1.32 bits per heavy atom. The highest BCUT2D eigenvalue weighted by Crippen LogP contribution is 2.63. The van der Waals surface area contributed by atoms with Crippen LogP contribution in [0.3, 0.4) is 0 Å². The summed E-state index contributed by atoms with van der Waals surface area (Å²) in [4.78, 5) is 74.4. The number of esters is 5. The average molecular weight is 1070 g/mol. The van der Waals surface area contributed by atoms with Gasteiger partial charge in [-0.2, -0.15) is 0 Å². The summed E-state index contributed by atoms with van der Waals surface area (Å²) in [5.41, 5.74) is -16.3. The molecule has 6 aliphatic rings. The minimum atomic E-state index is -3.72. The molecular weight excluding hydrogens is 1030 g/mol. The number of fused-ring (bicyclic) bond motifs is 7. The van der Waals surface area contributed by atoms with E-state index >= 15 is 9.59 Å². The summed E-state index contributed by atoms with van der Waals surface area (Å²) < 4.78 is 34.0. The number of aliphatic hydroxyl groups is 4. The van der Waals surface area contributed by atoms with Crippen molar-refractivity contribution in [2.45, 2.75) is 54.4 Å². The van der Waals surface area contributed by atoms with Gasteiger partial charge in [0, 0.05) is 38.9 Å². The molecule has 1 unspecified atom stereocenters. The van der Waals surface area contributed by atoms with Crippen LogP contribution in [0.4, 0.5) is 0 Å². The highest BCUT2D eigenvalue weighted by Gasteiger charge is 2.65. The predicted molar refractivity (Wildman–Crippen MR) is 233 cm³/mol. The molecule has 11 rings (SSSR count). The zero-order valence-corrected chi connectivity index (χ0v) is 37.3. The van der Waals surface area contributed by atoms with Crippen LogP contribution in [-0.2, 0) is 28.4 Å². The molecule has 1 fully saturated rings. The lowest BCUT2D eigenvalue weighted by atomic mass is 9.71. The first kappa shape index (κ1) is 49.8. The summed E-state index contributed by atoms with van der Waals surface area (Å²) in [5, 5.41) is 214. The molecule has 398 valence electrons. The standard InChI is InChI=1S/C46H34O30/c47-9-1-6-14(28(55)24(9)51)15-7(2-10(48)25(52)29(15)56)43(67)74-37-13(5-71-41(6)65)73-42(66)8-3-11(49)26(53)30(57)16(8)17-20-18(32(59)35(62)31(17)58)19-21-22(34(61)36(63)33(19)60)23(38(75-45(21)69)39(37)76-44(20)68)46(70)40(64)27(54)12(50)4-72-46/h1-3,12-13,23,27,37-40,47-64,70H,4-5H2/t12-,13+,23+,27+,37+,38-,39-,40+,46?/m0/s1. The largest absolute Gasteiger partial charge is 0.504 e. The highest BCUT2D eigenvalue weighted by molar-refractivity contribution is 6.16. The van der Waals surface area contributed by atoms with Gasteiger partial charge in [-0.1, -0.05) is 0 Å². The van der Waals surface area contributed by atoms with Crippen LogP contribution in [-0.4, -0.2) is 189 Å². The Bertz CT molecular complexity index is 3510. The summed E-state index contributed by atoms with van der Waals surface area (Å²) in [6, 6.07) is 0.916. The van der Waals surface area contributed by atoms with Gasteiger partial charge in [0.1, 0.15) is 24.9 Å². The SMILES string of the molecule is O=C1OC[C@H]2OC(=O)c3cc(O)c(O)c(O)c3-c3c(O)c(O)c(O)c4c3C(=O)O[C@H]([C@H]3OC(=O)c5c-4c(O)c(O)c(O)c5[C@H]3C3(O)OC[C@H](O)[C@@H](O)[C@H]3O)[C@@H]2OC(=O)c2cc(O)c(O)c(O)c2-c2c1cc(O)c(O)c2O.